The van der Waals surface area contributed by atoms with Crippen molar-refractivity contribution in [1.82, 2.24) is 15.2 Å². The number of aromatic nitrogens is 1. The van der Waals surface area contributed by atoms with Crippen LogP contribution in [0.1, 0.15) is 30.1 Å². The fourth-order valence-electron chi connectivity index (χ4n) is 2.57. The lowest BCUT2D eigenvalue weighted by Gasteiger charge is -2.29. The van der Waals surface area contributed by atoms with Crippen LogP contribution in [-0.4, -0.2) is 47.1 Å². The fourth-order valence-corrected chi connectivity index (χ4v) is 2.57. The van der Waals surface area contributed by atoms with Crippen molar-refractivity contribution in [3.8, 4) is 5.88 Å². The van der Waals surface area contributed by atoms with Crippen LogP contribution in [0, 0.1) is 5.92 Å². The molecule has 3 N–H and O–H groups in total. The van der Waals surface area contributed by atoms with E-state index >= 15 is 0 Å². The van der Waals surface area contributed by atoms with Crippen molar-refractivity contribution in [2.75, 3.05) is 26.2 Å². The summed E-state index contributed by atoms with van der Waals surface area (Å²) in [4.78, 5) is 27.7. The highest BCUT2D eigenvalue weighted by molar-refractivity contribution is 5.94. The molecule has 6 nitrogen and oxygen atoms in total. The second kappa shape index (κ2) is 6.56. The zero-order valence-corrected chi connectivity index (χ0v) is 11.7. The standard InChI is InChI=1S/C14H21N3O3/c1-2-17(9-10-3-5-15-6-4-10)14(20)11-7-12(18)16-13(19)8-11/h7-8,10,15H,2-6,9H2,1H3,(H2,16,18,19). The summed E-state index contributed by atoms with van der Waals surface area (Å²) in [6.45, 7) is 5.19. The summed E-state index contributed by atoms with van der Waals surface area (Å²) in [6, 6.07) is 2.53. The first-order valence-electron chi connectivity index (χ1n) is 7.03. The summed E-state index contributed by atoms with van der Waals surface area (Å²) < 4.78 is 0. The van der Waals surface area contributed by atoms with E-state index in [1.54, 1.807) is 4.90 Å². The molecule has 0 unspecified atom stereocenters. The monoisotopic (exact) mass is 279 g/mol. The highest BCUT2D eigenvalue weighted by atomic mass is 16.3. The molecule has 0 aromatic carbocycles. The van der Waals surface area contributed by atoms with Crippen molar-refractivity contribution in [1.29, 1.82) is 0 Å². The Labute approximate surface area is 117 Å². The van der Waals surface area contributed by atoms with Gasteiger partial charge in [0.25, 0.3) is 11.5 Å². The number of aromatic amines is 1. The zero-order chi connectivity index (χ0) is 14.5. The number of nitrogens with one attached hydrogen (secondary N) is 2. The van der Waals surface area contributed by atoms with Crippen molar-refractivity contribution in [2.24, 2.45) is 5.92 Å². The maximum atomic E-state index is 12.4. The molecule has 0 saturated carbocycles. The van der Waals surface area contributed by atoms with Crippen LogP contribution in [0.2, 0.25) is 0 Å². The van der Waals surface area contributed by atoms with E-state index in [9.17, 15) is 14.7 Å². The molecule has 1 saturated heterocycles. The Morgan fingerprint density at radius 2 is 2.10 bits per heavy atom. The lowest BCUT2D eigenvalue weighted by Crippen LogP contribution is -2.39. The predicted octanol–water partition coefficient (Wildman–Crippen LogP) is 0.542. The van der Waals surface area contributed by atoms with Crippen LogP contribution < -0.4 is 10.9 Å². The Morgan fingerprint density at radius 1 is 1.40 bits per heavy atom. The van der Waals surface area contributed by atoms with Gasteiger partial charge in [-0.2, -0.15) is 0 Å². The molecule has 0 radical (unpaired) electrons. The summed E-state index contributed by atoms with van der Waals surface area (Å²) >= 11 is 0. The number of amides is 1. The van der Waals surface area contributed by atoms with Crippen LogP contribution in [0.4, 0.5) is 0 Å². The molecule has 20 heavy (non-hydrogen) atoms. The topological polar surface area (TPSA) is 85.4 Å². The van der Waals surface area contributed by atoms with Crippen LogP contribution in [0.15, 0.2) is 16.9 Å². The Bertz CT molecular complexity index is 521. The van der Waals surface area contributed by atoms with Gasteiger partial charge < -0.3 is 15.3 Å². The van der Waals surface area contributed by atoms with Crippen LogP contribution in [0.25, 0.3) is 0 Å². The maximum absolute atomic E-state index is 12.4. The number of H-pyrrole nitrogens is 1. The van der Waals surface area contributed by atoms with Gasteiger partial charge >= 0.3 is 0 Å². The quantitative estimate of drug-likeness (QED) is 0.751. The van der Waals surface area contributed by atoms with Crippen molar-refractivity contribution >= 4 is 5.91 Å². The molecule has 0 atom stereocenters. The molecule has 110 valence electrons. The van der Waals surface area contributed by atoms with Gasteiger partial charge in [0.1, 0.15) is 0 Å². The van der Waals surface area contributed by atoms with E-state index in [4.69, 9.17) is 0 Å². The van der Waals surface area contributed by atoms with E-state index in [0.717, 1.165) is 25.9 Å². The van der Waals surface area contributed by atoms with Crippen molar-refractivity contribution in [2.45, 2.75) is 19.8 Å². The number of pyridine rings is 1. The third-order valence-corrected chi connectivity index (χ3v) is 3.68. The van der Waals surface area contributed by atoms with Gasteiger partial charge in [-0.3, -0.25) is 14.6 Å². The summed E-state index contributed by atoms with van der Waals surface area (Å²) in [5.74, 6) is 0.0157. The van der Waals surface area contributed by atoms with Gasteiger partial charge in [-0.25, -0.2) is 0 Å². The van der Waals surface area contributed by atoms with E-state index in [1.165, 1.54) is 12.1 Å². The Morgan fingerprint density at radius 3 is 2.70 bits per heavy atom. The van der Waals surface area contributed by atoms with E-state index in [0.29, 0.717) is 19.0 Å². The minimum atomic E-state index is -0.466. The second-order valence-corrected chi connectivity index (χ2v) is 5.16. The highest BCUT2D eigenvalue weighted by Crippen LogP contribution is 2.15. The number of hydrogen-bond acceptors (Lipinski definition) is 4. The Hall–Kier alpha value is -1.82. The zero-order valence-electron chi connectivity index (χ0n) is 11.7. The predicted molar refractivity (Wildman–Crippen MR) is 75.9 cm³/mol. The minimum Gasteiger partial charge on any atom is -0.494 e. The van der Waals surface area contributed by atoms with Gasteiger partial charge in [0.05, 0.1) is 5.56 Å². The van der Waals surface area contributed by atoms with Gasteiger partial charge in [-0.15, -0.1) is 0 Å². The normalized spacial score (nSPS) is 16.1. The first-order valence-corrected chi connectivity index (χ1v) is 7.03. The van der Waals surface area contributed by atoms with Gasteiger partial charge in [0.15, 0.2) is 5.88 Å². The van der Waals surface area contributed by atoms with Gasteiger partial charge in [0.2, 0.25) is 0 Å². The first kappa shape index (κ1) is 14.6. The van der Waals surface area contributed by atoms with Crippen LogP contribution in [-0.2, 0) is 0 Å². The number of hydrogen-bond donors (Lipinski definition) is 3. The van der Waals surface area contributed by atoms with Crippen LogP contribution in [0.3, 0.4) is 0 Å². The van der Waals surface area contributed by atoms with E-state index < -0.39 is 5.56 Å². The van der Waals surface area contributed by atoms with E-state index in [2.05, 4.69) is 10.3 Å². The average Bonchev–Trinajstić information content (AvgIpc) is 2.44. The number of carbonyl (C=O) groups is 1. The van der Waals surface area contributed by atoms with Gasteiger partial charge in [-0.05, 0) is 38.8 Å². The SMILES string of the molecule is CCN(CC1CCNCC1)C(=O)c1cc(O)[nH]c(=O)c1. The molecule has 2 rings (SSSR count). The molecule has 0 aliphatic carbocycles. The maximum Gasteiger partial charge on any atom is 0.254 e. The molecule has 1 fully saturated rings. The van der Waals surface area contributed by atoms with Crippen molar-refractivity contribution < 1.29 is 9.90 Å². The fraction of sp³-hybridized carbons (Fsp3) is 0.571. The van der Waals surface area contributed by atoms with Gasteiger partial charge in [0, 0.05) is 25.2 Å². The summed E-state index contributed by atoms with van der Waals surface area (Å²) in [7, 11) is 0. The molecular weight excluding hydrogens is 258 g/mol. The first-order chi connectivity index (χ1) is 9.60. The van der Waals surface area contributed by atoms with Crippen molar-refractivity contribution in [3.05, 3.63) is 28.0 Å². The number of rotatable bonds is 4. The smallest absolute Gasteiger partial charge is 0.254 e. The van der Waals surface area contributed by atoms with Crippen LogP contribution in [0.5, 0.6) is 5.88 Å². The summed E-state index contributed by atoms with van der Waals surface area (Å²) in [5, 5.41) is 12.7. The van der Waals surface area contributed by atoms with E-state index in [-0.39, 0.29) is 17.4 Å². The number of piperidine rings is 1. The summed E-state index contributed by atoms with van der Waals surface area (Å²) in [6.07, 6.45) is 2.12. The van der Waals surface area contributed by atoms with Gasteiger partial charge in [-0.1, -0.05) is 0 Å². The molecule has 0 spiro atoms. The Kier molecular flexibility index (Phi) is 4.79. The third kappa shape index (κ3) is 3.60. The second-order valence-electron chi connectivity index (χ2n) is 5.16. The Balaban J connectivity index is 2.09. The third-order valence-electron chi connectivity index (χ3n) is 3.68. The molecule has 1 aromatic heterocycles. The molecular formula is C14H21N3O3. The van der Waals surface area contributed by atoms with Crippen molar-refractivity contribution in [3.63, 3.8) is 0 Å². The number of nitrogens with zero attached hydrogens (tertiary/aromatic N) is 1. The van der Waals surface area contributed by atoms with E-state index in [1.807, 2.05) is 6.92 Å². The largest absolute Gasteiger partial charge is 0.494 e. The molecule has 1 aliphatic heterocycles. The molecule has 1 aromatic rings. The molecule has 6 heteroatoms. The number of aromatic hydroxyl groups is 1. The van der Waals surface area contributed by atoms with Crippen LogP contribution >= 0.6 is 0 Å². The highest BCUT2D eigenvalue weighted by Gasteiger charge is 2.21. The molecule has 1 aliphatic rings. The molecule has 1 amide bonds. The molecule has 2 heterocycles. The molecule has 0 bridgehead atoms. The lowest BCUT2D eigenvalue weighted by atomic mass is 9.97. The average molecular weight is 279 g/mol. The number of carbonyl (C=O) groups excluding carboxylic acids is 1. The summed E-state index contributed by atoms with van der Waals surface area (Å²) in [5.41, 5.74) is -0.228. The minimum absolute atomic E-state index is 0.201. The lowest BCUT2D eigenvalue weighted by molar-refractivity contribution is 0.0726.